The summed E-state index contributed by atoms with van der Waals surface area (Å²) >= 11 is 0. The Kier molecular flexibility index (Phi) is 5.24. The first-order valence-electron chi connectivity index (χ1n) is 10.3. The van der Waals surface area contributed by atoms with Crippen molar-refractivity contribution in [3.8, 4) is 0 Å². The van der Waals surface area contributed by atoms with E-state index in [1.54, 1.807) is 12.1 Å². The van der Waals surface area contributed by atoms with Gasteiger partial charge in [0, 0.05) is 19.1 Å². The van der Waals surface area contributed by atoms with Crippen LogP contribution in [0.25, 0.3) is 0 Å². The van der Waals surface area contributed by atoms with Crippen molar-refractivity contribution < 1.29 is 19.1 Å². The molecule has 3 aliphatic rings. The highest BCUT2D eigenvalue weighted by Crippen LogP contribution is 2.37. The number of nitrogens with zero attached hydrogens (tertiary/aromatic N) is 2. The van der Waals surface area contributed by atoms with Gasteiger partial charge in [-0.2, -0.15) is 0 Å². The molecule has 2 saturated heterocycles. The number of nitrogens with one attached hydrogen (secondary N) is 1. The summed E-state index contributed by atoms with van der Waals surface area (Å²) < 4.78 is 5.28. The van der Waals surface area contributed by atoms with E-state index in [2.05, 4.69) is 17.1 Å². The monoisotopic (exact) mass is 385 g/mol. The number of likely N-dealkylation sites (tertiary alicyclic amines) is 1. The predicted molar refractivity (Wildman–Crippen MR) is 105 cm³/mol. The lowest BCUT2D eigenvalue weighted by atomic mass is 10.00. The molecule has 7 heteroatoms. The standard InChI is InChI=1S/C21H27N3O4/c1-2-15-6-3-4-10-23(15)19(25)13-28-21(27)14-8-9-17-16(12-14)22-20(26)18-7-5-11-24(17)18/h8-9,12,15,18H,2-7,10-11,13H2,1H3,(H,22,26)/t15-,18-/m0/s1. The number of hydrogen-bond acceptors (Lipinski definition) is 5. The number of rotatable bonds is 4. The summed E-state index contributed by atoms with van der Waals surface area (Å²) in [6.07, 6.45) is 5.91. The van der Waals surface area contributed by atoms with Crippen LogP contribution in [0.3, 0.4) is 0 Å². The average Bonchev–Trinajstić information content (AvgIpc) is 3.22. The van der Waals surface area contributed by atoms with E-state index >= 15 is 0 Å². The van der Waals surface area contributed by atoms with Gasteiger partial charge in [-0.3, -0.25) is 9.59 Å². The van der Waals surface area contributed by atoms with E-state index < -0.39 is 5.97 Å². The third-order valence-corrected chi connectivity index (χ3v) is 6.10. The summed E-state index contributed by atoms with van der Waals surface area (Å²) in [6.45, 7) is 3.41. The molecule has 1 N–H and O–H groups in total. The minimum Gasteiger partial charge on any atom is -0.452 e. The minimum atomic E-state index is -0.543. The van der Waals surface area contributed by atoms with Crippen molar-refractivity contribution in [2.75, 3.05) is 29.9 Å². The van der Waals surface area contributed by atoms with Crippen LogP contribution in [-0.4, -0.2) is 54.5 Å². The molecule has 0 aliphatic carbocycles. The number of benzene rings is 1. The molecule has 1 aromatic rings. The van der Waals surface area contributed by atoms with Gasteiger partial charge in [0.15, 0.2) is 6.61 Å². The summed E-state index contributed by atoms with van der Waals surface area (Å²) in [4.78, 5) is 41.1. The van der Waals surface area contributed by atoms with Gasteiger partial charge >= 0.3 is 5.97 Å². The van der Waals surface area contributed by atoms with E-state index in [1.807, 2.05) is 11.0 Å². The molecular formula is C21H27N3O4. The second-order valence-electron chi connectivity index (χ2n) is 7.79. The highest BCUT2D eigenvalue weighted by molar-refractivity contribution is 6.05. The maximum absolute atomic E-state index is 12.5. The Labute approximate surface area is 165 Å². The number of carbonyl (C=O) groups excluding carboxylic acids is 3. The highest BCUT2D eigenvalue weighted by Gasteiger charge is 2.36. The lowest BCUT2D eigenvalue weighted by Gasteiger charge is -2.35. The smallest absolute Gasteiger partial charge is 0.338 e. The molecule has 0 spiro atoms. The molecule has 2 fully saturated rings. The number of fused-ring (bicyclic) bond motifs is 3. The number of amides is 2. The predicted octanol–water partition coefficient (Wildman–Crippen LogP) is 2.56. The summed E-state index contributed by atoms with van der Waals surface area (Å²) in [5.74, 6) is -0.702. The van der Waals surface area contributed by atoms with E-state index in [4.69, 9.17) is 4.74 Å². The molecule has 0 unspecified atom stereocenters. The Balaban J connectivity index is 1.41. The van der Waals surface area contributed by atoms with Gasteiger partial charge in [0.1, 0.15) is 6.04 Å². The number of anilines is 2. The van der Waals surface area contributed by atoms with Crippen molar-refractivity contribution in [3.63, 3.8) is 0 Å². The van der Waals surface area contributed by atoms with Gasteiger partial charge in [-0.1, -0.05) is 6.92 Å². The Morgan fingerprint density at radius 3 is 2.86 bits per heavy atom. The van der Waals surface area contributed by atoms with Crippen LogP contribution in [0.4, 0.5) is 11.4 Å². The molecule has 1 aromatic carbocycles. The molecule has 0 bridgehead atoms. The second kappa shape index (κ2) is 7.81. The third kappa shape index (κ3) is 3.45. The fraction of sp³-hybridized carbons (Fsp3) is 0.571. The van der Waals surface area contributed by atoms with Crippen molar-refractivity contribution in [2.45, 2.75) is 57.5 Å². The van der Waals surface area contributed by atoms with Crippen LogP contribution in [0.5, 0.6) is 0 Å². The van der Waals surface area contributed by atoms with E-state index in [0.717, 1.165) is 57.3 Å². The number of carbonyl (C=O) groups is 3. The second-order valence-corrected chi connectivity index (χ2v) is 7.79. The largest absolute Gasteiger partial charge is 0.452 e. The Bertz CT molecular complexity index is 794. The number of hydrogen-bond donors (Lipinski definition) is 1. The fourth-order valence-electron chi connectivity index (χ4n) is 4.60. The van der Waals surface area contributed by atoms with Gasteiger partial charge < -0.3 is 19.9 Å². The third-order valence-electron chi connectivity index (χ3n) is 6.10. The molecular weight excluding hydrogens is 358 g/mol. The molecule has 3 heterocycles. The molecule has 7 nitrogen and oxygen atoms in total. The maximum atomic E-state index is 12.5. The normalized spacial score (nSPS) is 23.7. The summed E-state index contributed by atoms with van der Waals surface area (Å²) in [6, 6.07) is 5.33. The molecule has 0 saturated carbocycles. The first-order valence-corrected chi connectivity index (χ1v) is 10.3. The quantitative estimate of drug-likeness (QED) is 0.806. The van der Waals surface area contributed by atoms with Crippen molar-refractivity contribution in [1.29, 1.82) is 0 Å². The lowest BCUT2D eigenvalue weighted by molar-refractivity contribution is -0.138. The molecule has 150 valence electrons. The van der Waals surface area contributed by atoms with Crippen molar-refractivity contribution in [1.82, 2.24) is 4.90 Å². The van der Waals surface area contributed by atoms with Crippen LogP contribution in [-0.2, 0) is 14.3 Å². The average molecular weight is 385 g/mol. The molecule has 3 aliphatic heterocycles. The number of piperidine rings is 1. The molecule has 4 rings (SSSR count). The Hall–Kier alpha value is -2.57. The van der Waals surface area contributed by atoms with Gasteiger partial charge in [-0.15, -0.1) is 0 Å². The molecule has 0 aromatic heterocycles. The van der Waals surface area contributed by atoms with Gasteiger partial charge in [0.25, 0.3) is 5.91 Å². The maximum Gasteiger partial charge on any atom is 0.338 e. The Morgan fingerprint density at radius 2 is 2.04 bits per heavy atom. The van der Waals surface area contributed by atoms with Crippen LogP contribution in [0.1, 0.15) is 55.8 Å². The number of esters is 1. The fourth-order valence-corrected chi connectivity index (χ4v) is 4.60. The zero-order valence-corrected chi connectivity index (χ0v) is 16.3. The summed E-state index contributed by atoms with van der Waals surface area (Å²) in [5.41, 5.74) is 1.91. The van der Waals surface area contributed by atoms with Gasteiger partial charge in [0.05, 0.1) is 16.9 Å². The van der Waals surface area contributed by atoms with Gasteiger partial charge in [0.2, 0.25) is 5.91 Å². The van der Waals surface area contributed by atoms with Gasteiger partial charge in [-0.05, 0) is 56.7 Å². The molecule has 0 radical (unpaired) electrons. The van der Waals surface area contributed by atoms with Crippen LogP contribution >= 0.6 is 0 Å². The molecule has 2 amide bonds. The summed E-state index contributed by atoms with van der Waals surface area (Å²) in [5, 5.41) is 2.89. The van der Waals surface area contributed by atoms with E-state index in [-0.39, 0.29) is 30.5 Å². The van der Waals surface area contributed by atoms with Crippen LogP contribution < -0.4 is 10.2 Å². The summed E-state index contributed by atoms with van der Waals surface area (Å²) in [7, 11) is 0. The van der Waals surface area contributed by atoms with Crippen molar-refractivity contribution >= 4 is 29.2 Å². The number of ether oxygens (including phenoxy) is 1. The van der Waals surface area contributed by atoms with Crippen LogP contribution in [0.15, 0.2) is 18.2 Å². The van der Waals surface area contributed by atoms with E-state index in [9.17, 15) is 14.4 Å². The van der Waals surface area contributed by atoms with Crippen LogP contribution in [0, 0.1) is 0 Å². The highest BCUT2D eigenvalue weighted by atomic mass is 16.5. The SMILES string of the molecule is CC[C@H]1CCCCN1C(=O)COC(=O)c1ccc2c(c1)NC(=O)[C@@H]1CCCN21. The first kappa shape index (κ1) is 18.8. The first-order chi connectivity index (χ1) is 13.6. The Morgan fingerprint density at radius 1 is 1.18 bits per heavy atom. The minimum absolute atomic E-state index is 0.0265. The molecule has 28 heavy (non-hydrogen) atoms. The van der Waals surface area contributed by atoms with Crippen LogP contribution in [0.2, 0.25) is 0 Å². The molecule has 2 atom stereocenters. The van der Waals surface area contributed by atoms with Crippen molar-refractivity contribution in [3.05, 3.63) is 23.8 Å². The van der Waals surface area contributed by atoms with Gasteiger partial charge in [-0.25, -0.2) is 4.79 Å². The zero-order chi connectivity index (χ0) is 19.7. The lowest BCUT2D eigenvalue weighted by Crippen LogP contribution is -2.45. The van der Waals surface area contributed by atoms with Crippen molar-refractivity contribution in [2.24, 2.45) is 0 Å². The zero-order valence-electron chi connectivity index (χ0n) is 16.3. The van der Waals surface area contributed by atoms with E-state index in [1.165, 1.54) is 0 Å². The van der Waals surface area contributed by atoms with E-state index in [0.29, 0.717) is 11.3 Å². The topological polar surface area (TPSA) is 79.0 Å².